The minimum absolute atomic E-state index is 0.0799. The molecule has 1 saturated heterocycles. The van der Waals surface area contributed by atoms with Crippen LogP contribution in [0, 0.1) is 0 Å². The Balaban J connectivity index is 1.84. The van der Waals surface area contributed by atoms with Crippen LogP contribution in [0.2, 0.25) is 10.0 Å². The van der Waals surface area contributed by atoms with Crippen LogP contribution in [0.4, 0.5) is 11.4 Å². The van der Waals surface area contributed by atoms with Crippen LogP contribution < -0.4 is 10.2 Å². The first kappa shape index (κ1) is 14.9. The van der Waals surface area contributed by atoms with Gasteiger partial charge in [-0.2, -0.15) is 0 Å². The molecule has 1 atom stereocenters. The van der Waals surface area contributed by atoms with E-state index in [1.54, 1.807) is 42.5 Å². The normalized spacial score (nSPS) is 17.9. The molecule has 0 aliphatic carbocycles. The summed E-state index contributed by atoms with van der Waals surface area (Å²) in [5, 5.41) is 4.00. The molecule has 0 aromatic heterocycles. The summed E-state index contributed by atoms with van der Waals surface area (Å²) in [4.78, 5) is 25.8. The van der Waals surface area contributed by atoms with E-state index in [4.69, 9.17) is 23.2 Å². The zero-order valence-electron chi connectivity index (χ0n) is 11.4. The fourth-order valence-corrected chi connectivity index (χ4v) is 2.77. The molecule has 0 spiro atoms. The van der Waals surface area contributed by atoms with Crippen molar-refractivity contribution in [1.29, 1.82) is 0 Å². The highest BCUT2D eigenvalue weighted by molar-refractivity contribution is 6.33. The first-order valence-corrected chi connectivity index (χ1v) is 7.45. The predicted molar refractivity (Wildman–Crippen MR) is 87.4 cm³/mol. The molecular formula is C16H12Cl2N2O2. The second kappa shape index (κ2) is 5.99. The summed E-state index contributed by atoms with van der Waals surface area (Å²) in [7, 11) is 0. The van der Waals surface area contributed by atoms with Gasteiger partial charge in [-0.15, -0.1) is 0 Å². The van der Waals surface area contributed by atoms with Gasteiger partial charge in [-0.25, -0.2) is 4.90 Å². The molecule has 0 unspecified atom stereocenters. The third-order valence-corrected chi connectivity index (χ3v) is 3.98. The summed E-state index contributed by atoms with van der Waals surface area (Å²) in [5.41, 5.74) is 1.11. The highest BCUT2D eigenvalue weighted by atomic mass is 35.5. The van der Waals surface area contributed by atoms with Gasteiger partial charge in [0, 0.05) is 5.02 Å². The number of hydrogen-bond acceptors (Lipinski definition) is 3. The lowest BCUT2D eigenvalue weighted by Gasteiger charge is -2.16. The second-order valence-corrected chi connectivity index (χ2v) is 5.77. The van der Waals surface area contributed by atoms with Gasteiger partial charge in [0.25, 0.3) is 5.91 Å². The maximum Gasteiger partial charge on any atom is 0.256 e. The summed E-state index contributed by atoms with van der Waals surface area (Å²) in [6, 6.07) is 13.1. The first-order valence-electron chi connectivity index (χ1n) is 6.69. The standard InChI is InChI=1S/C16H12Cl2N2O2/c17-10-4-3-5-11(8-10)20-15(21)9-14(16(20)22)19-13-7-2-1-6-12(13)18/h1-8,14,19H,9H2/t14-/m0/s1. The van der Waals surface area contributed by atoms with Gasteiger partial charge >= 0.3 is 0 Å². The lowest BCUT2D eigenvalue weighted by Crippen LogP contribution is -2.34. The summed E-state index contributed by atoms with van der Waals surface area (Å²) in [6.07, 6.45) is 0.0799. The van der Waals surface area contributed by atoms with Gasteiger partial charge in [0.15, 0.2) is 0 Å². The lowest BCUT2D eigenvalue weighted by atomic mass is 10.2. The Kier molecular flexibility index (Phi) is 4.05. The lowest BCUT2D eigenvalue weighted by molar-refractivity contribution is -0.121. The minimum atomic E-state index is -0.633. The van der Waals surface area contributed by atoms with Crippen molar-refractivity contribution in [1.82, 2.24) is 0 Å². The first-order chi connectivity index (χ1) is 10.6. The Morgan fingerprint density at radius 3 is 2.55 bits per heavy atom. The van der Waals surface area contributed by atoms with Crippen LogP contribution in [-0.4, -0.2) is 17.9 Å². The van der Waals surface area contributed by atoms with Crippen molar-refractivity contribution in [2.45, 2.75) is 12.5 Å². The number of carbonyl (C=O) groups is 2. The van der Waals surface area contributed by atoms with E-state index in [-0.39, 0.29) is 18.2 Å². The van der Waals surface area contributed by atoms with E-state index in [0.717, 1.165) is 4.90 Å². The number of nitrogens with zero attached hydrogens (tertiary/aromatic N) is 1. The third kappa shape index (κ3) is 2.80. The van der Waals surface area contributed by atoms with Gasteiger partial charge in [0.1, 0.15) is 6.04 Å². The Hall–Kier alpha value is -2.04. The average molecular weight is 335 g/mol. The Morgan fingerprint density at radius 2 is 1.82 bits per heavy atom. The van der Waals surface area contributed by atoms with Crippen molar-refractivity contribution in [2.75, 3.05) is 10.2 Å². The molecular weight excluding hydrogens is 323 g/mol. The van der Waals surface area contributed by atoms with E-state index in [0.29, 0.717) is 21.4 Å². The van der Waals surface area contributed by atoms with Crippen LogP contribution in [0.25, 0.3) is 0 Å². The van der Waals surface area contributed by atoms with E-state index in [1.807, 2.05) is 6.07 Å². The molecule has 6 heteroatoms. The highest BCUT2D eigenvalue weighted by Gasteiger charge is 2.39. The van der Waals surface area contributed by atoms with Gasteiger partial charge < -0.3 is 5.32 Å². The molecule has 0 saturated carbocycles. The van der Waals surface area contributed by atoms with Gasteiger partial charge in [-0.3, -0.25) is 9.59 Å². The largest absolute Gasteiger partial charge is 0.372 e. The molecule has 22 heavy (non-hydrogen) atoms. The molecule has 1 aliphatic heterocycles. The minimum Gasteiger partial charge on any atom is -0.372 e. The number of amides is 2. The van der Waals surface area contributed by atoms with Crippen LogP contribution >= 0.6 is 23.2 Å². The van der Waals surface area contributed by atoms with Gasteiger partial charge in [0.05, 0.1) is 22.8 Å². The Labute approximate surface area is 137 Å². The number of anilines is 2. The summed E-state index contributed by atoms with van der Waals surface area (Å²) in [6.45, 7) is 0. The average Bonchev–Trinajstić information content (AvgIpc) is 2.76. The smallest absolute Gasteiger partial charge is 0.256 e. The fraction of sp³-hybridized carbons (Fsp3) is 0.125. The molecule has 2 aromatic rings. The number of benzene rings is 2. The second-order valence-electron chi connectivity index (χ2n) is 4.93. The zero-order valence-corrected chi connectivity index (χ0v) is 12.9. The topological polar surface area (TPSA) is 49.4 Å². The molecule has 0 radical (unpaired) electrons. The molecule has 1 fully saturated rings. The maximum absolute atomic E-state index is 12.5. The van der Waals surface area contributed by atoms with Crippen LogP contribution in [0.15, 0.2) is 48.5 Å². The summed E-state index contributed by atoms with van der Waals surface area (Å²) in [5.74, 6) is -0.580. The number of carbonyl (C=O) groups excluding carboxylic acids is 2. The fourth-order valence-electron chi connectivity index (χ4n) is 2.40. The van der Waals surface area contributed by atoms with E-state index >= 15 is 0 Å². The molecule has 2 aromatic carbocycles. The van der Waals surface area contributed by atoms with Crippen molar-refractivity contribution >= 4 is 46.4 Å². The highest BCUT2D eigenvalue weighted by Crippen LogP contribution is 2.28. The predicted octanol–water partition coefficient (Wildman–Crippen LogP) is 3.74. The number of nitrogens with one attached hydrogen (secondary N) is 1. The van der Waals surface area contributed by atoms with E-state index in [1.165, 1.54) is 0 Å². The number of rotatable bonds is 3. The number of para-hydroxylation sites is 1. The number of halogens is 2. The van der Waals surface area contributed by atoms with Crippen LogP contribution in [0.5, 0.6) is 0 Å². The van der Waals surface area contributed by atoms with Crippen molar-refractivity contribution in [3.63, 3.8) is 0 Å². The van der Waals surface area contributed by atoms with Gasteiger partial charge in [-0.05, 0) is 30.3 Å². The molecule has 3 rings (SSSR count). The molecule has 1 aliphatic rings. The number of hydrogen-bond donors (Lipinski definition) is 1. The summed E-state index contributed by atoms with van der Waals surface area (Å²) >= 11 is 12.0. The van der Waals surface area contributed by atoms with Crippen molar-refractivity contribution in [3.05, 3.63) is 58.6 Å². The maximum atomic E-state index is 12.5. The monoisotopic (exact) mass is 334 g/mol. The molecule has 4 nitrogen and oxygen atoms in total. The van der Waals surface area contributed by atoms with E-state index in [2.05, 4.69) is 5.32 Å². The molecule has 1 N–H and O–H groups in total. The van der Waals surface area contributed by atoms with Crippen LogP contribution in [-0.2, 0) is 9.59 Å². The van der Waals surface area contributed by atoms with Gasteiger partial charge in [-0.1, -0.05) is 41.4 Å². The molecule has 2 amide bonds. The molecule has 112 valence electrons. The summed E-state index contributed by atoms with van der Waals surface area (Å²) < 4.78 is 0. The van der Waals surface area contributed by atoms with Crippen molar-refractivity contribution in [2.24, 2.45) is 0 Å². The van der Waals surface area contributed by atoms with Crippen molar-refractivity contribution in [3.8, 4) is 0 Å². The SMILES string of the molecule is O=C1C[C@H](Nc2ccccc2Cl)C(=O)N1c1cccc(Cl)c1. The van der Waals surface area contributed by atoms with E-state index < -0.39 is 6.04 Å². The molecule has 0 bridgehead atoms. The Bertz CT molecular complexity index is 748. The van der Waals surface area contributed by atoms with Crippen molar-refractivity contribution < 1.29 is 9.59 Å². The van der Waals surface area contributed by atoms with Crippen LogP contribution in [0.3, 0.4) is 0 Å². The quantitative estimate of drug-likeness (QED) is 0.870. The van der Waals surface area contributed by atoms with Gasteiger partial charge in [0.2, 0.25) is 5.91 Å². The van der Waals surface area contributed by atoms with E-state index in [9.17, 15) is 9.59 Å². The number of imide groups is 1. The zero-order chi connectivity index (χ0) is 15.7. The Morgan fingerprint density at radius 1 is 1.05 bits per heavy atom. The molecule has 1 heterocycles. The third-order valence-electron chi connectivity index (χ3n) is 3.42. The van der Waals surface area contributed by atoms with Crippen LogP contribution in [0.1, 0.15) is 6.42 Å².